The van der Waals surface area contributed by atoms with Gasteiger partial charge in [-0.2, -0.15) is 5.10 Å². The number of benzene rings is 2. The van der Waals surface area contributed by atoms with E-state index in [0.717, 1.165) is 0 Å². The molecule has 0 bridgehead atoms. The predicted molar refractivity (Wildman–Crippen MR) is 97.0 cm³/mol. The third-order valence-corrected chi connectivity index (χ3v) is 4.13. The van der Waals surface area contributed by atoms with Crippen LogP contribution in [-0.4, -0.2) is 18.1 Å². The predicted octanol–water partition coefficient (Wildman–Crippen LogP) is 4.45. The molecular formula is C16H11BrCl2N2O3. The van der Waals surface area contributed by atoms with Crippen molar-refractivity contribution in [2.75, 3.05) is 0 Å². The Morgan fingerprint density at radius 3 is 2.54 bits per heavy atom. The molecule has 124 valence electrons. The van der Waals surface area contributed by atoms with Gasteiger partial charge in [-0.25, -0.2) is 5.43 Å². The van der Waals surface area contributed by atoms with Crippen LogP contribution in [0.25, 0.3) is 0 Å². The molecule has 8 heteroatoms. The van der Waals surface area contributed by atoms with Crippen molar-refractivity contribution < 1.29 is 14.3 Å². The number of carbonyl (C=O) groups is 2. The number of hydrogen-bond acceptors (Lipinski definition) is 4. The highest BCUT2D eigenvalue weighted by Crippen LogP contribution is 2.25. The summed E-state index contributed by atoms with van der Waals surface area (Å²) in [6, 6.07) is 9.55. The molecule has 0 aliphatic carbocycles. The minimum Gasteiger partial charge on any atom is -0.426 e. The summed E-state index contributed by atoms with van der Waals surface area (Å²) in [5, 5.41) is 4.53. The fourth-order valence-electron chi connectivity index (χ4n) is 1.70. The third-order valence-electron chi connectivity index (χ3n) is 2.77. The van der Waals surface area contributed by atoms with Crippen molar-refractivity contribution in [3.05, 3.63) is 62.0 Å². The lowest BCUT2D eigenvalue weighted by atomic mass is 10.2. The number of nitrogens with zero attached hydrogens (tertiary/aromatic N) is 1. The molecule has 5 nitrogen and oxygen atoms in total. The zero-order chi connectivity index (χ0) is 17.7. The Balaban J connectivity index is 2.03. The Morgan fingerprint density at radius 1 is 1.17 bits per heavy atom. The largest absolute Gasteiger partial charge is 0.426 e. The zero-order valence-electron chi connectivity index (χ0n) is 12.3. The molecule has 0 saturated heterocycles. The van der Waals surface area contributed by atoms with Crippen LogP contribution in [0, 0.1) is 0 Å². The molecule has 0 aliphatic heterocycles. The maximum atomic E-state index is 11.9. The fraction of sp³-hybridized carbons (Fsp3) is 0.0625. The minimum atomic E-state index is -0.416. The van der Waals surface area contributed by atoms with Gasteiger partial charge in [0, 0.05) is 12.5 Å². The van der Waals surface area contributed by atoms with Crippen molar-refractivity contribution in [1.82, 2.24) is 5.43 Å². The quantitative estimate of drug-likeness (QED) is 0.338. The summed E-state index contributed by atoms with van der Waals surface area (Å²) in [5.41, 5.74) is 3.43. The van der Waals surface area contributed by atoms with Crippen LogP contribution in [0.2, 0.25) is 10.0 Å². The van der Waals surface area contributed by atoms with E-state index in [1.807, 2.05) is 0 Å². The van der Waals surface area contributed by atoms with E-state index in [-0.39, 0.29) is 0 Å². The van der Waals surface area contributed by atoms with Crippen molar-refractivity contribution in [2.45, 2.75) is 6.92 Å². The smallest absolute Gasteiger partial charge is 0.308 e. The number of hydrazone groups is 1. The van der Waals surface area contributed by atoms with Crippen LogP contribution in [0.4, 0.5) is 0 Å². The molecule has 0 unspecified atom stereocenters. The van der Waals surface area contributed by atoms with Crippen LogP contribution < -0.4 is 10.2 Å². The Labute approximate surface area is 156 Å². The molecule has 0 heterocycles. The highest BCUT2D eigenvalue weighted by atomic mass is 79.9. The van der Waals surface area contributed by atoms with Crippen molar-refractivity contribution >= 4 is 57.2 Å². The molecule has 2 rings (SSSR count). The van der Waals surface area contributed by atoms with E-state index in [0.29, 0.717) is 31.4 Å². The molecule has 1 N–H and O–H groups in total. The summed E-state index contributed by atoms with van der Waals surface area (Å²) in [6.07, 6.45) is 1.46. The van der Waals surface area contributed by atoms with Crippen molar-refractivity contribution in [2.24, 2.45) is 5.10 Å². The zero-order valence-corrected chi connectivity index (χ0v) is 15.4. The number of amides is 1. The summed E-state index contributed by atoms with van der Waals surface area (Å²) in [5.74, 6) is -0.425. The number of rotatable bonds is 4. The number of nitrogens with one attached hydrogen (secondary N) is 1. The molecule has 0 saturated carbocycles. The molecule has 0 fully saturated rings. The molecule has 0 atom stereocenters. The highest BCUT2D eigenvalue weighted by molar-refractivity contribution is 9.10. The van der Waals surface area contributed by atoms with Crippen molar-refractivity contribution in [3.63, 3.8) is 0 Å². The first-order valence-corrected chi connectivity index (χ1v) is 8.18. The second kappa shape index (κ2) is 8.28. The van der Waals surface area contributed by atoms with Gasteiger partial charge in [0.25, 0.3) is 5.91 Å². The Kier molecular flexibility index (Phi) is 6.36. The topological polar surface area (TPSA) is 67.8 Å². The van der Waals surface area contributed by atoms with Crippen molar-refractivity contribution in [1.29, 1.82) is 0 Å². The van der Waals surface area contributed by atoms with Gasteiger partial charge in [0.15, 0.2) is 0 Å². The van der Waals surface area contributed by atoms with E-state index in [4.69, 9.17) is 27.9 Å². The van der Waals surface area contributed by atoms with Crippen LogP contribution in [0.5, 0.6) is 5.75 Å². The molecular weight excluding hydrogens is 419 g/mol. The van der Waals surface area contributed by atoms with Gasteiger partial charge in [-0.05, 0) is 57.9 Å². The molecule has 24 heavy (non-hydrogen) atoms. The Bertz CT molecular complexity index is 825. The van der Waals surface area contributed by atoms with Crippen LogP contribution in [0.15, 0.2) is 46.0 Å². The van der Waals surface area contributed by atoms with Gasteiger partial charge in [-0.1, -0.05) is 23.2 Å². The lowest BCUT2D eigenvalue weighted by molar-refractivity contribution is -0.131. The second-order valence-corrected chi connectivity index (χ2v) is 6.28. The molecule has 0 aromatic heterocycles. The van der Waals surface area contributed by atoms with E-state index >= 15 is 0 Å². The van der Waals surface area contributed by atoms with E-state index < -0.39 is 11.9 Å². The van der Waals surface area contributed by atoms with E-state index in [9.17, 15) is 9.59 Å². The summed E-state index contributed by atoms with van der Waals surface area (Å²) < 4.78 is 5.59. The SMILES string of the molecule is CC(=O)Oc1ccc(/C=N\NC(=O)c2ccc(Cl)c(Cl)c2)cc1Br. The molecule has 2 aromatic rings. The summed E-state index contributed by atoms with van der Waals surface area (Å²) in [4.78, 5) is 22.9. The summed E-state index contributed by atoms with van der Waals surface area (Å²) >= 11 is 15.0. The highest BCUT2D eigenvalue weighted by Gasteiger charge is 2.07. The average molecular weight is 430 g/mol. The lowest BCUT2D eigenvalue weighted by Gasteiger charge is -2.04. The number of halogens is 3. The number of esters is 1. The van der Waals surface area contributed by atoms with Crippen molar-refractivity contribution in [3.8, 4) is 5.75 Å². The fourth-order valence-corrected chi connectivity index (χ4v) is 2.48. The Hall–Kier alpha value is -1.89. The van der Waals surface area contributed by atoms with Gasteiger partial charge < -0.3 is 4.74 Å². The number of ether oxygens (including phenoxy) is 1. The first-order chi connectivity index (χ1) is 11.4. The van der Waals surface area contributed by atoms with Gasteiger partial charge in [0.2, 0.25) is 0 Å². The third kappa shape index (κ3) is 5.06. The average Bonchev–Trinajstić information content (AvgIpc) is 2.52. The molecule has 1 amide bonds. The van der Waals surface area contributed by atoms with Crippen LogP contribution >= 0.6 is 39.1 Å². The first kappa shape index (κ1) is 18.4. The van der Waals surface area contributed by atoms with E-state index in [1.165, 1.54) is 25.3 Å². The second-order valence-electron chi connectivity index (χ2n) is 4.61. The minimum absolute atomic E-state index is 0.290. The summed E-state index contributed by atoms with van der Waals surface area (Å²) in [7, 11) is 0. The van der Waals surface area contributed by atoms with Gasteiger partial charge in [0.05, 0.1) is 20.7 Å². The molecule has 0 radical (unpaired) electrons. The van der Waals surface area contributed by atoms with E-state index in [2.05, 4.69) is 26.5 Å². The number of hydrogen-bond donors (Lipinski definition) is 1. The van der Waals surface area contributed by atoms with Gasteiger partial charge in [-0.15, -0.1) is 0 Å². The normalized spacial score (nSPS) is 10.7. The molecule has 0 spiro atoms. The van der Waals surface area contributed by atoms with Crippen LogP contribution in [-0.2, 0) is 4.79 Å². The molecule has 2 aromatic carbocycles. The molecule has 0 aliphatic rings. The maximum absolute atomic E-state index is 11.9. The number of carbonyl (C=O) groups excluding carboxylic acids is 2. The monoisotopic (exact) mass is 428 g/mol. The van der Waals surface area contributed by atoms with Crippen LogP contribution in [0.3, 0.4) is 0 Å². The van der Waals surface area contributed by atoms with Crippen LogP contribution in [0.1, 0.15) is 22.8 Å². The standard InChI is InChI=1S/C16H11BrCl2N2O3/c1-9(22)24-15-5-2-10(6-12(15)17)8-20-21-16(23)11-3-4-13(18)14(19)7-11/h2-8H,1H3,(H,21,23)/b20-8-. The summed E-state index contributed by atoms with van der Waals surface area (Å²) in [6.45, 7) is 1.32. The first-order valence-electron chi connectivity index (χ1n) is 6.63. The lowest BCUT2D eigenvalue weighted by Crippen LogP contribution is -2.17. The van der Waals surface area contributed by atoms with E-state index in [1.54, 1.807) is 24.3 Å². The van der Waals surface area contributed by atoms with Gasteiger partial charge in [0.1, 0.15) is 5.75 Å². The van der Waals surface area contributed by atoms with Gasteiger partial charge >= 0.3 is 5.97 Å². The maximum Gasteiger partial charge on any atom is 0.308 e. The van der Waals surface area contributed by atoms with Gasteiger partial charge in [-0.3, -0.25) is 9.59 Å². The Morgan fingerprint density at radius 2 is 1.92 bits per heavy atom.